The van der Waals surface area contributed by atoms with E-state index in [9.17, 15) is 18.7 Å². The predicted molar refractivity (Wildman–Crippen MR) is 146 cm³/mol. The summed E-state index contributed by atoms with van der Waals surface area (Å²) in [4.78, 5) is 12.7. The molecule has 0 saturated carbocycles. The first kappa shape index (κ1) is 28.2. The fourth-order valence-electron chi connectivity index (χ4n) is 3.85. The largest absolute Gasteiger partial charge is 0.390 e. The second-order valence-electron chi connectivity index (χ2n) is 8.70. The molecule has 3 rings (SSSR count). The first-order valence-electron chi connectivity index (χ1n) is 12.1. The van der Waals surface area contributed by atoms with Gasteiger partial charge in [0.2, 0.25) is 5.91 Å². The van der Waals surface area contributed by atoms with Gasteiger partial charge in [0.1, 0.15) is 11.6 Å². The number of halogens is 2. The number of para-hydroxylation sites is 1. The number of nitrogens with one attached hydrogen (secondary N) is 4. The number of benzene rings is 3. The summed E-state index contributed by atoms with van der Waals surface area (Å²) >= 11 is 5.23. The average molecular weight is 527 g/mol. The summed E-state index contributed by atoms with van der Waals surface area (Å²) in [5.41, 5.74) is 3.39. The standard InChI is InChI=1S/C28H32F2N4O2S/c1-2-19-7-6-8-20(11-19)16-31-17-26(35)25(14-21-12-22(29)15-23(30)13-21)34-27(36)18-32-28(37)33-24-9-4-3-5-10-24/h3-13,15,25-26,31,35H,2,14,16-18H2,1H3,(H,34,36)(H2,32,33,37)/t25-,26+/m0/s1. The molecule has 3 aromatic carbocycles. The van der Waals surface area contributed by atoms with E-state index in [1.807, 2.05) is 42.5 Å². The molecule has 196 valence electrons. The number of amides is 1. The van der Waals surface area contributed by atoms with E-state index in [4.69, 9.17) is 12.2 Å². The van der Waals surface area contributed by atoms with Gasteiger partial charge in [0.15, 0.2) is 5.11 Å². The molecule has 0 aromatic heterocycles. The second kappa shape index (κ2) is 14.4. The highest BCUT2D eigenvalue weighted by Crippen LogP contribution is 2.12. The van der Waals surface area contributed by atoms with E-state index in [0.717, 1.165) is 23.7 Å². The van der Waals surface area contributed by atoms with Gasteiger partial charge in [-0.2, -0.15) is 0 Å². The lowest BCUT2D eigenvalue weighted by Crippen LogP contribution is -2.51. The monoisotopic (exact) mass is 526 g/mol. The number of hydrogen-bond acceptors (Lipinski definition) is 4. The van der Waals surface area contributed by atoms with Crippen LogP contribution in [0.1, 0.15) is 23.6 Å². The fraction of sp³-hybridized carbons (Fsp3) is 0.286. The highest BCUT2D eigenvalue weighted by atomic mass is 32.1. The normalized spacial score (nSPS) is 12.4. The van der Waals surface area contributed by atoms with Crippen LogP contribution in [-0.2, 0) is 24.2 Å². The Morgan fingerprint density at radius 1 is 0.946 bits per heavy atom. The molecule has 6 nitrogen and oxygen atoms in total. The molecule has 0 spiro atoms. The molecule has 0 unspecified atom stereocenters. The zero-order valence-corrected chi connectivity index (χ0v) is 21.5. The summed E-state index contributed by atoms with van der Waals surface area (Å²) in [5.74, 6) is -1.86. The first-order valence-corrected chi connectivity index (χ1v) is 12.5. The van der Waals surface area contributed by atoms with Gasteiger partial charge >= 0.3 is 0 Å². The number of hydrogen-bond donors (Lipinski definition) is 5. The van der Waals surface area contributed by atoms with Crippen molar-refractivity contribution in [2.75, 3.05) is 18.4 Å². The lowest BCUT2D eigenvalue weighted by Gasteiger charge is -2.25. The number of aliphatic hydroxyl groups is 1. The maximum Gasteiger partial charge on any atom is 0.239 e. The minimum Gasteiger partial charge on any atom is -0.390 e. The third-order valence-corrected chi connectivity index (χ3v) is 5.96. The van der Waals surface area contributed by atoms with Crippen LogP contribution in [-0.4, -0.2) is 41.4 Å². The summed E-state index contributed by atoms with van der Waals surface area (Å²) in [6.45, 7) is 2.64. The van der Waals surface area contributed by atoms with Crippen LogP contribution in [0.25, 0.3) is 0 Å². The summed E-state index contributed by atoms with van der Waals surface area (Å²) in [6.07, 6.45) is -0.0481. The number of carbonyl (C=O) groups is 1. The molecule has 9 heteroatoms. The van der Waals surface area contributed by atoms with Gasteiger partial charge in [0.25, 0.3) is 0 Å². The van der Waals surface area contributed by atoms with Gasteiger partial charge in [-0.3, -0.25) is 4.79 Å². The molecule has 0 aliphatic carbocycles. The minimum atomic E-state index is -1.01. The Balaban J connectivity index is 1.58. The number of aryl methyl sites for hydroxylation is 1. The highest BCUT2D eigenvalue weighted by Gasteiger charge is 2.22. The van der Waals surface area contributed by atoms with Crippen molar-refractivity contribution in [3.8, 4) is 0 Å². The Bertz CT molecular complexity index is 1160. The van der Waals surface area contributed by atoms with Gasteiger partial charge in [0, 0.05) is 24.8 Å². The summed E-state index contributed by atoms with van der Waals surface area (Å²) in [5, 5.41) is 22.9. The smallest absolute Gasteiger partial charge is 0.239 e. The molecule has 0 aliphatic heterocycles. The van der Waals surface area contributed by atoms with Gasteiger partial charge in [-0.1, -0.05) is 49.4 Å². The molecule has 5 N–H and O–H groups in total. The minimum absolute atomic E-state index is 0.0430. The van der Waals surface area contributed by atoms with Crippen molar-refractivity contribution in [1.29, 1.82) is 0 Å². The molecule has 3 aromatic rings. The Morgan fingerprint density at radius 3 is 2.35 bits per heavy atom. The number of carbonyl (C=O) groups excluding carboxylic acids is 1. The molecular formula is C28H32F2N4O2S. The summed E-state index contributed by atoms with van der Waals surface area (Å²) < 4.78 is 27.5. The van der Waals surface area contributed by atoms with Crippen molar-refractivity contribution in [3.05, 3.63) is 101 Å². The van der Waals surface area contributed by atoms with Gasteiger partial charge < -0.3 is 26.4 Å². The molecule has 0 saturated heterocycles. The van der Waals surface area contributed by atoms with Gasteiger partial charge in [0.05, 0.1) is 18.7 Å². The number of aliphatic hydroxyl groups excluding tert-OH is 1. The zero-order valence-electron chi connectivity index (χ0n) is 20.6. The van der Waals surface area contributed by atoms with Crippen molar-refractivity contribution < 1.29 is 18.7 Å². The van der Waals surface area contributed by atoms with Crippen molar-refractivity contribution in [3.63, 3.8) is 0 Å². The lowest BCUT2D eigenvalue weighted by molar-refractivity contribution is -0.121. The van der Waals surface area contributed by atoms with Crippen molar-refractivity contribution in [2.24, 2.45) is 0 Å². The quantitative estimate of drug-likeness (QED) is 0.232. The second-order valence-corrected chi connectivity index (χ2v) is 9.11. The number of rotatable bonds is 12. The molecule has 0 fully saturated rings. The maximum absolute atomic E-state index is 13.7. The van der Waals surface area contributed by atoms with E-state index in [1.54, 1.807) is 0 Å². The molecule has 37 heavy (non-hydrogen) atoms. The zero-order chi connectivity index (χ0) is 26.6. The van der Waals surface area contributed by atoms with Crippen LogP contribution < -0.4 is 21.3 Å². The first-order chi connectivity index (χ1) is 17.8. The summed E-state index contributed by atoms with van der Waals surface area (Å²) in [7, 11) is 0. The lowest BCUT2D eigenvalue weighted by atomic mass is 10.0. The molecule has 0 radical (unpaired) electrons. The molecule has 0 aliphatic rings. The van der Waals surface area contributed by atoms with E-state index >= 15 is 0 Å². The molecular weight excluding hydrogens is 494 g/mol. The van der Waals surface area contributed by atoms with Gasteiger partial charge in [-0.25, -0.2) is 8.78 Å². The third-order valence-electron chi connectivity index (χ3n) is 5.71. The topological polar surface area (TPSA) is 85.4 Å². The Morgan fingerprint density at radius 2 is 1.65 bits per heavy atom. The Hall–Kier alpha value is -3.40. The van der Waals surface area contributed by atoms with Crippen molar-refractivity contribution >= 4 is 28.9 Å². The van der Waals surface area contributed by atoms with Gasteiger partial charge in [-0.05, 0) is 66.0 Å². The van der Waals surface area contributed by atoms with E-state index in [2.05, 4.69) is 40.3 Å². The third kappa shape index (κ3) is 9.87. The van der Waals surface area contributed by atoms with Crippen LogP contribution in [0.3, 0.4) is 0 Å². The Kier molecular flexibility index (Phi) is 10.9. The van der Waals surface area contributed by atoms with Crippen LogP contribution in [0.15, 0.2) is 72.8 Å². The average Bonchev–Trinajstić information content (AvgIpc) is 2.87. The van der Waals surface area contributed by atoms with Crippen LogP contribution in [0.4, 0.5) is 14.5 Å². The highest BCUT2D eigenvalue weighted by molar-refractivity contribution is 7.80. The molecule has 0 bridgehead atoms. The fourth-order valence-corrected chi connectivity index (χ4v) is 4.04. The summed E-state index contributed by atoms with van der Waals surface area (Å²) in [6, 6.07) is 19.7. The van der Waals surface area contributed by atoms with Crippen LogP contribution in [0.5, 0.6) is 0 Å². The SMILES string of the molecule is CCc1cccc(CNC[C@@H](O)[C@H](Cc2cc(F)cc(F)c2)NC(=O)CNC(=S)Nc2ccccc2)c1. The molecule has 1 amide bonds. The van der Waals surface area contributed by atoms with Crippen LogP contribution >= 0.6 is 12.2 Å². The van der Waals surface area contributed by atoms with E-state index < -0.39 is 29.7 Å². The number of anilines is 1. The molecule has 2 atom stereocenters. The van der Waals surface area contributed by atoms with Gasteiger partial charge in [-0.15, -0.1) is 0 Å². The molecule has 0 heterocycles. The van der Waals surface area contributed by atoms with E-state index in [0.29, 0.717) is 12.1 Å². The number of thiocarbonyl (C=S) groups is 1. The van der Waals surface area contributed by atoms with Crippen LogP contribution in [0, 0.1) is 11.6 Å². The predicted octanol–water partition coefficient (Wildman–Crippen LogP) is 3.69. The van der Waals surface area contributed by atoms with Crippen LogP contribution in [0.2, 0.25) is 0 Å². The maximum atomic E-state index is 13.7. The Labute approximate surface area is 221 Å². The van der Waals surface area contributed by atoms with Crippen molar-refractivity contribution in [1.82, 2.24) is 16.0 Å². The van der Waals surface area contributed by atoms with Crippen molar-refractivity contribution in [2.45, 2.75) is 38.5 Å². The van der Waals surface area contributed by atoms with E-state index in [1.165, 1.54) is 17.7 Å². The van der Waals surface area contributed by atoms with E-state index in [-0.39, 0.29) is 24.6 Å².